The Morgan fingerprint density at radius 3 is 2.20 bits per heavy atom. The van der Waals surface area contributed by atoms with Crippen LogP contribution in [0.1, 0.15) is 46.3 Å². The van der Waals surface area contributed by atoms with E-state index in [2.05, 4.69) is 46.0 Å². The molecule has 2 heterocycles. The lowest BCUT2D eigenvalue weighted by Crippen LogP contribution is -2.57. The van der Waals surface area contributed by atoms with Gasteiger partial charge in [0.1, 0.15) is 24.4 Å². The maximum absolute atomic E-state index is 6.83. The monoisotopic (exact) mass is 364 g/mol. The van der Waals surface area contributed by atoms with Gasteiger partial charge in [0.05, 0.1) is 6.61 Å². The molecule has 3 rings (SSSR count). The Balaban J connectivity index is 1.96. The fraction of sp³-hybridized carbons (Fsp3) is 0.700. The Labute approximate surface area is 152 Å². The lowest BCUT2D eigenvalue weighted by molar-refractivity contribution is -0.334. The molecule has 140 valence electrons. The second-order valence-corrected chi connectivity index (χ2v) is 13.9. The highest BCUT2D eigenvalue weighted by Gasteiger charge is 2.54. The van der Waals surface area contributed by atoms with Gasteiger partial charge in [-0.3, -0.25) is 0 Å². The van der Waals surface area contributed by atoms with Gasteiger partial charge in [-0.2, -0.15) is 0 Å². The van der Waals surface area contributed by atoms with E-state index < -0.39 is 14.1 Å². The Kier molecular flexibility index (Phi) is 4.92. The molecule has 0 saturated carbocycles. The molecule has 0 radical (unpaired) electrons. The van der Waals surface area contributed by atoms with Gasteiger partial charge in [0.25, 0.3) is 0 Å². The highest BCUT2D eigenvalue weighted by molar-refractivity contribution is 6.74. The first-order valence-electron chi connectivity index (χ1n) is 9.20. The summed E-state index contributed by atoms with van der Waals surface area (Å²) in [6, 6.07) is 10.3. The summed E-state index contributed by atoms with van der Waals surface area (Å²) >= 11 is 0. The number of hydrogen-bond acceptors (Lipinski definition) is 4. The molecule has 0 N–H and O–H groups in total. The van der Waals surface area contributed by atoms with Crippen molar-refractivity contribution in [3.05, 3.63) is 35.9 Å². The second-order valence-electron chi connectivity index (χ2n) is 9.15. The van der Waals surface area contributed by atoms with Crippen molar-refractivity contribution in [3.63, 3.8) is 0 Å². The van der Waals surface area contributed by atoms with Crippen molar-refractivity contribution >= 4 is 8.32 Å². The molecule has 5 heteroatoms. The molecular formula is C20H32O4Si. The molecule has 0 unspecified atom stereocenters. The number of hydrogen-bond donors (Lipinski definition) is 0. The second kappa shape index (κ2) is 6.46. The smallest absolute Gasteiger partial charge is 0.192 e. The Morgan fingerprint density at radius 2 is 1.68 bits per heavy atom. The van der Waals surface area contributed by atoms with Crippen molar-refractivity contribution in [2.24, 2.45) is 0 Å². The van der Waals surface area contributed by atoms with Crippen LogP contribution in [0.25, 0.3) is 0 Å². The van der Waals surface area contributed by atoms with Gasteiger partial charge in [-0.05, 0) is 37.5 Å². The third-order valence-electron chi connectivity index (χ3n) is 5.54. The third kappa shape index (κ3) is 4.17. The van der Waals surface area contributed by atoms with Crippen LogP contribution in [0.3, 0.4) is 0 Å². The van der Waals surface area contributed by atoms with Crippen LogP contribution < -0.4 is 0 Å². The summed E-state index contributed by atoms with van der Waals surface area (Å²) in [6.45, 7) is 16.0. The summed E-state index contributed by atoms with van der Waals surface area (Å²) in [5.74, 6) is -0.662. The molecule has 0 spiro atoms. The number of epoxide rings is 1. The number of benzene rings is 1. The first-order valence-corrected chi connectivity index (χ1v) is 12.1. The van der Waals surface area contributed by atoms with Gasteiger partial charge >= 0.3 is 0 Å². The zero-order chi connectivity index (χ0) is 18.5. The van der Waals surface area contributed by atoms with Crippen LogP contribution >= 0.6 is 0 Å². The van der Waals surface area contributed by atoms with E-state index in [0.29, 0.717) is 0 Å². The largest absolute Gasteiger partial charge is 0.408 e. The molecule has 1 aromatic carbocycles. The summed E-state index contributed by atoms with van der Waals surface area (Å²) < 4.78 is 25.1. The van der Waals surface area contributed by atoms with Gasteiger partial charge in [0.15, 0.2) is 14.1 Å². The molecule has 4 nitrogen and oxygen atoms in total. The van der Waals surface area contributed by atoms with E-state index >= 15 is 0 Å². The molecule has 4 atom stereocenters. The zero-order valence-electron chi connectivity index (χ0n) is 16.5. The molecule has 2 aliphatic heterocycles. The summed E-state index contributed by atoms with van der Waals surface area (Å²) in [6.07, 6.45) is -0.329. The lowest BCUT2D eigenvalue weighted by Gasteiger charge is -2.49. The van der Waals surface area contributed by atoms with Crippen molar-refractivity contribution in [1.82, 2.24) is 0 Å². The van der Waals surface area contributed by atoms with Gasteiger partial charge in [-0.25, -0.2) is 0 Å². The topological polar surface area (TPSA) is 40.2 Å². The Bertz CT molecular complexity index is 589. The van der Waals surface area contributed by atoms with Crippen molar-refractivity contribution in [2.45, 2.75) is 83.0 Å². The maximum atomic E-state index is 6.83. The maximum Gasteiger partial charge on any atom is 0.192 e. The zero-order valence-corrected chi connectivity index (χ0v) is 17.5. The summed E-state index contributed by atoms with van der Waals surface area (Å²) in [5.41, 5.74) is 1.13. The molecule has 0 bridgehead atoms. The molecule has 0 aliphatic carbocycles. The molecule has 25 heavy (non-hydrogen) atoms. The van der Waals surface area contributed by atoms with Gasteiger partial charge < -0.3 is 18.6 Å². The fourth-order valence-electron chi connectivity index (χ4n) is 3.05. The predicted molar refractivity (Wildman–Crippen MR) is 101 cm³/mol. The van der Waals surface area contributed by atoms with Crippen LogP contribution in [0.5, 0.6) is 0 Å². The van der Waals surface area contributed by atoms with Crippen molar-refractivity contribution in [3.8, 4) is 0 Å². The minimum atomic E-state index is -1.99. The molecule has 2 fully saturated rings. The van der Waals surface area contributed by atoms with E-state index in [0.717, 1.165) is 12.2 Å². The average molecular weight is 365 g/mol. The Hall–Kier alpha value is -0.723. The Morgan fingerprint density at radius 1 is 1.08 bits per heavy atom. The normalized spacial score (nSPS) is 32.4. The van der Waals surface area contributed by atoms with Crippen LogP contribution in [0.4, 0.5) is 0 Å². The van der Waals surface area contributed by atoms with E-state index in [1.807, 2.05) is 32.0 Å². The average Bonchev–Trinajstić information content (AvgIpc) is 3.32. The van der Waals surface area contributed by atoms with E-state index in [4.69, 9.17) is 18.6 Å². The van der Waals surface area contributed by atoms with Gasteiger partial charge in [0.2, 0.25) is 0 Å². The third-order valence-corrected chi connectivity index (χ3v) is 10.0. The highest BCUT2D eigenvalue weighted by atomic mass is 28.4. The quantitative estimate of drug-likeness (QED) is 0.575. The van der Waals surface area contributed by atoms with Crippen LogP contribution in [0.15, 0.2) is 30.3 Å². The van der Waals surface area contributed by atoms with E-state index in [1.54, 1.807) is 0 Å². The summed E-state index contributed by atoms with van der Waals surface area (Å²) in [5, 5.41) is 0.121. The van der Waals surface area contributed by atoms with Gasteiger partial charge in [0, 0.05) is 0 Å². The van der Waals surface area contributed by atoms with Crippen LogP contribution in [0, 0.1) is 0 Å². The molecule has 1 aromatic rings. The summed E-state index contributed by atoms with van der Waals surface area (Å²) in [4.78, 5) is 0. The van der Waals surface area contributed by atoms with Crippen LogP contribution in [-0.4, -0.2) is 39.0 Å². The highest BCUT2D eigenvalue weighted by Crippen LogP contribution is 2.45. The minimum Gasteiger partial charge on any atom is -0.408 e. The van der Waals surface area contributed by atoms with Crippen LogP contribution in [-0.2, 0) is 18.6 Å². The molecule has 2 saturated heterocycles. The van der Waals surface area contributed by atoms with Gasteiger partial charge in [-0.1, -0.05) is 51.1 Å². The minimum absolute atomic E-state index is 0.101. The van der Waals surface area contributed by atoms with E-state index in [9.17, 15) is 0 Å². The molecule has 0 aromatic heterocycles. The van der Waals surface area contributed by atoms with Crippen molar-refractivity contribution in [1.29, 1.82) is 0 Å². The molecule has 0 amide bonds. The van der Waals surface area contributed by atoms with E-state index in [1.165, 1.54) is 0 Å². The van der Waals surface area contributed by atoms with Crippen molar-refractivity contribution in [2.75, 3.05) is 6.61 Å². The number of rotatable bonds is 4. The van der Waals surface area contributed by atoms with Crippen molar-refractivity contribution < 1.29 is 18.6 Å². The lowest BCUT2D eigenvalue weighted by atomic mass is 9.96. The first kappa shape index (κ1) is 19.0. The van der Waals surface area contributed by atoms with Crippen LogP contribution in [0.2, 0.25) is 18.1 Å². The molecule has 2 aliphatic rings. The molecular weight excluding hydrogens is 332 g/mol. The fourth-order valence-corrected chi connectivity index (χ4v) is 4.34. The predicted octanol–water partition coefficient (Wildman–Crippen LogP) is 4.67. The van der Waals surface area contributed by atoms with Gasteiger partial charge in [-0.15, -0.1) is 0 Å². The number of ether oxygens (including phenoxy) is 3. The SMILES string of the molecule is CC1(C)O[C@@H]([C@@H]2CO2)[C@H](O[Si](C)(C)C(C)(C)C)[C@@H](c2ccccc2)O1. The first-order chi connectivity index (χ1) is 11.5. The van der Waals surface area contributed by atoms with E-state index in [-0.39, 0.29) is 29.5 Å². The summed E-state index contributed by atoms with van der Waals surface area (Å²) in [7, 11) is -1.99. The standard InChI is InChI=1S/C20H32O4Si/c1-19(2,3)25(6,7)24-18-16(14-11-9-8-10-12-14)22-20(4,5)23-17(18)15-13-21-15/h8-12,15-18H,13H2,1-7H3/t15-,16+,17-,18+/m0/s1.